The number of fused-ring (bicyclic) bond motifs is 1. The van der Waals surface area contributed by atoms with Crippen LogP contribution in [0.4, 0.5) is 0 Å². The van der Waals surface area contributed by atoms with E-state index in [0.29, 0.717) is 37.1 Å². The highest BCUT2D eigenvalue weighted by atomic mass is 32.2. The number of hydrogen-bond acceptors (Lipinski definition) is 4. The second-order valence-corrected chi connectivity index (χ2v) is 9.18. The molecule has 0 atom stereocenters. The number of sulfonamides is 1. The number of benzene rings is 2. The van der Waals surface area contributed by atoms with E-state index in [0.717, 1.165) is 28.1 Å². The molecule has 1 aliphatic rings. The van der Waals surface area contributed by atoms with Gasteiger partial charge < -0.3 is 4.90 Å². The van der Waals surface area contributed by atoms with Crippen molar-refractivity contribution in [3.05, 3.63) is 70.4 Å². The lowest BCUT2D eigenvalue weighted by atomic mass is 10.0. The molecule has 0 unspecified atom stereocenters. The van der Waals surface area contributed by atoms with Crippen LogP contribution in [0, 0.1) is 13.8 Å². The van der Waals surface area contributed by atoms with Crippen LogP contribution in [-0.4, -0.2) is 42.5 Å². The second-order valence-electron chi connectivity index (χ2n) is 7.65. The van der Waals surface area contributed by atoms with Crippen molar-refractivity contribution in [2.45, 2.75) is 31.6 Å². The van der Waals surface area contributed by atoms with Crippen LogP contribution in [0.25, 0.3) is 11.3 Å². The molecule has 4 rings (SSSR count). The molecule has 3 N–H and O–H groups in total. The number of nitrogens with one attached hydrogen (secondary N) is 1. The minimum atomic E-state index is -3.90. The van der Waals surface area contributed by atoms with E-state index in [-0.39, 0.29) is 10.8 Å². The number of carbonyl (C=O) groups is 1. The fraction of sp³-hybridized carbons (Fsp3) is 0.273. The average Bonchev–Trinajstić information content (AvgIpc) is 3.00. The first kappa shape index (κ1) is 20.3. The standard InChI is InChI=1S/C22H24N4O3S/c1-14-12-17(13-20(15(14)2)30(23,28)29)22(27)26-10-8-18-19(9-11-26)24-25-21(18)16-6-4-3-5-7-16/h3-7,12-13H,8-11H2,1-2H3,(H,24,25)(H2,23,28,29). The van der Waals surface area contributed by atoms with Gasteiger partial charge in [0.2, 0.25) is 10.0 Å². The molecule has 7 nitrogen and oxygen atoms in total. The summed E-state index contributed by atoms with van der Waals surface area (Å²) in [5.41, 5.74) is 5.76. The topological polar surface area (TPSA) is 109 Å². The summed E-state index contributed by atoms with van der Waals surface area (Å²) in [4.78, 5) is 15.0. The maximum atomic E-state index is 13.2. The number of aromatic amines is 1. The van der Waals surface area contributed by atoms with E-state index in [1.807, 2.05) is 30.3 Å². The van der Waals surface area contributed by atoms with Crippen molar-refractivity contribution in [3.63, 3.8) is 0 Å². The van der Waals surface area contributed by atoms with Crippen LogP contribution < -0.4 is 5.14 Å². The molecule has 1 aromatic heterocycles. The zero-order valence-electron chi connectivity index (χ0n) is 17.0. The summed E-state index contributed by atoms with van der Waals surface area (Å²) in [7, 11) is -3.90. The molecule has 0 saturated carbocycles. The number of amides is 1. The zero-order valence-corrected chi connectivity index (χ0v) is 17.8. The van der Waals surface area contributed by atoms with Gasteiger partial charge in [0.25, 0.3) is 5.91 Å². The first-order chi connectivity index (χ1) is 14.3. The van der Waals surface area contributed by atoms with Gasteiger partial charge in [-0.05, 0) is 43.5 Å². The number of aryl methyl sites for hydroxylation is 1. The lowest BCUT2D eigenvalue weighted by molar-refractivity contribution is 0.0762. The number of nitrogens with two attached hydrogens (primary N) is 1. The predicted molar refractivity (Wildman–Crippen MR) is 115 cm³/mol. The van der Waals surface area contributed by atoms with Gasteiger partial charge in [-0.3, -0.25) is 9.89 Å². The van der Waals surface area contributed by atoms with E-state index in [9.17, 15) is 13.2 Å². The molecule has 2 aromatic carbocycles. The quantitative estimate of drug-likeness (QED) is 0.673. The average molecular weight is 425 g/mol. The summed E-state index contributed by atoms with van der Waals surface area (Å²) in [5.74, 6) is -0.192. The van der Waals surface area contributed by atoms with Crippen LogP contribution in [0.1, 0.15) is 32.7 Å². The lowest BCUT2D eigenvalue weighted by Gasteiger charge is -2.21. The minimum absolute atomic E-state index is 0.00135. The van der Waals surface area contributed by atoms with Crippen molar-refractivity contribution in [1.82, 2.24) is 15.1 Å². The Labute approximate surface area is 176 Å². The van der Waals surface area contributed by atoms with E-state index in [2.05, 4.69) is 10.2 Å². The molecule has 0 bridgehead atoms. The Morgan fingerprint density at radius 1 is 1.10 bits per heavy atom. The summed E-state index contributed by atoms with van der Waals surface area (Å²) in [5, 5.41) is 13.0. The third-order valence-corrected chi connectivity index (χ3v) is 6.76. The molecule has 3 aromatic rings. The van der Waals surface area contributed by atoms with Gasteiger partial charge in [0, 0.05) is 41.9 Å². The lowest BCUT2D eigenvalue weighted by Crippen LogP contribution is -2.33. The van der Waals surface area contributed by atoms with Gasteiger partial charge in [0.15, 0.2) is 0 Å². The number of aromatic nitrogens is 2. The smallest absolute Gasteiger partial charge is 0.253 e. The number of hydrogen-bond donors (Lipinski definition) is 2. The molecule has 156 valence electrons. The highest BCUT2D eigenvalue weighted by Gasteiger charge is 2.25. The first-order valence-electron chi connectivity index (χ1n) is 9.80. The van der Waals surface area contributed by atoms with Gasteiger partial charge in [-0.15, -0.1) is 0 Å². The van der Waals surface area contributed by atoms with Crippen LogP contribution in [0.15, 0.2) is 47.4 Å². The fourth-order valence-corrected chi connectivity index (χ4v) is 4.83. The molecule has 1 aliphatic heterocycles. The molecule has 0 spiro atoms. The van der Waals surface area contributed by atoms with E-state index in [1.165, 1.54) is 6.07 Å². The molecule has 0 fully saturated rings. The van der Waals surface area contributed by atoms with E-state index < -0.39 is 10.0 Å². The maximum absolute atomic E-state index is 13.2. The van der Waals surface area contributed by atoms with Gasteiger partial charge in [0.05, 0.1) is 10.6 Å². The van der Waals surface area contributed by atoms with E-state index >= 15 is 0 Å². The summed E-state index contributed by atoms with van der Waals surface area (Å²) in [6, 6.07) is 13.1. The van der Waals surface area contributed by atoms with E-state index in [4.69, 9.17) is 5.14 Å². The van der Waals surface area contributed by atoms with Crippen LogP contribution in [0.5, 0.6) is 0 Å². The highest BCUT2D eigenvalue weighted by molar-refractivity contribution is 7.89. The van der Waals surface area contributed by atoms with Gasteiger partial charge >= 0.3 is 0 Å². The molecule has 8 heteroatoms. The zero-order chi connectivity index (χ0) is 21.5. The predicted octanol–water partition coefficient (Wildman–Crippen LogP) is 2.58. The van der Waals surface area contributed by atoms with Gasteiger partial charge in [0.1, 0.15) is 0 Å². The van der Waals surface area contributed by atoms with Crippen molar-refractivity contribution in [2.75, 3.05) is 13.1 Å². The van der Waals surface area contributed by atoms with Gasteiger partial charge in [-0.1, -0.05) is 30.3 Å². The maximum Gasteiger partial charge on any atom is 0.253 e. The minimum Gasteiger partial charge on any atom is -0.338 e. The summed E-state index contributed by atoms with van der Waals surface area (Å²) in [6.45, 7) is 4.54. The third-order valence-electron chi connectivity index (χ3n) is 5.72. The van der Waals surface area contributed by atoms with Gasteiger partial charge in [-0.2, -0.15) is 5.10 Å². The Morgan fingerprint density at radius 2 is 1.80 bits per heavy atom. The van der Waals surface area contributed by atoms with Crippen LogP contribution in [0.3, 0.4) is 0 Å². The number of carbonyl (C=O) groups excluding carboxylic acids is 1. The molecular weight excluding hydrogens is 400 g/mol. The third kappa shape index (κ3) is 3.76. The number of primary sulfonamides is 1. The molecule has 0 saturated heterocycles. The van der Waals surface area contributed by atoms with Crippen molar-refractivity contribution >= 4 is 15.9 Å². The monoisotopic (exact) mass is 424 g/mol. The fourth-order valence-electron chi connectivity index (χ4n) is 3.95. The van der Waals surface area contributed by atoms with Crippen molar-refractivity contribution in [2.24, 2.45) is 5.14 Å². The second kappa shape index (κ2) is 7.70. The molecule has 1 amide bonds. The SMILES string of the molecule is Cc1cc(C(=O)N2CCc3[nH]nc(-c4ccccc4)c3CC2)cc(S(N)(=O)=O)c1C. The summed E-state index contributed by atoms with van der Waals surface area (Å²) < 4.78 is 23.9. The molecule has 0 aliphatic carbocycles. The highest BCUT2D eigenvalue weighted by Crippen LogP contribution is 2.27. The summed E-state index contributed by atoms with van der Waals surface area (Å²) >= 11 is 0. The van der Waals surface area contributed by atoms with Crippen molar-refractivity contribution in [3.8, 4) is 11.3 Å². The van der Waals surface area contributed by atoms with Gasteiger partial charge in [-0.25, -0.2) is 13.6 Å². The van der Waals surface area contributed by atoms with Crippen molar-refractivity contribution < 1.29 is 13.2 Å². The molecule has 2 heterocycles. The Bertz CT molecular complexity index is 1220. The Kier molecular flexibility index (Phi) is 5.21. The normalized spacial score (nSPS) is 14.3. The largest absolute Gasteiger partial charge is 0.338 e. The van der Waals surface area contributed by atoms with Crippen molar-refractivity contribution in [1.29, 1.82) is 0 Å². The Morgan fingerprint density at radius 3 is 2.50 bits per heavy atom. The van der Waals surface area contributed by atoms with Crippen LogP contribution in [-0.2, 0) is 22.9 Å². The van der Waals surface area contributed by atoms with Crippen LogP contribution >= 0.6 is 0 Å². The number of H-pyrrole nitrogens is 1. The molecule has 0 radical (unpaired) electrons. The Hall–Kier alpha value is -2.97. The van der Waals surface area contributed by atoms with Crippen LogP contribution in [0.2, 0.25) is 0 Å². The molecule has 30 heavy (non-hydrogen) atoms. The Balaban J connectivity index is 1.61. The summed E-state index contributed by atoms with van der Waals surface area (Å²) in [6.07, 6.45) is 1.34. The first-order valence-corrected chi connectivity index (χ1v) is 11.3. The number of rotatable bonds is 3. The number of nitrogens with zero attached hydrogens (tertiary/aromatic N) is 2. The van der Waals surface area contributed by atoms with E-state index in [1.54, 1.807) is 24.8 Å². The molecular formula is C22H24N4O3S.